The Hall–Kier alpha value is -2.94. The molecule has 2 aromatic rings. The van der Waals surface area contributed by atoms with E-state index < -0.39 is 22.4 Å². The Morgan fingerprint density at radius 1 is 1.38 bits per heavy atom. The predicted octanol–water partition coefficient (Wildman–Crippen LogP) is 3.53. The van der Waals surface area contributed by atoms with E-state index in [-0.39, 0.29) is 4.47 Å². The number of halogens is 1. The smallest absolute Gasteiger partial charge is 0.339 e. The summed E-state index contributed by atoms with van der Waals surface area (Å²) < 4.78 is 0.155. The second kappa shape index (κ2) is 7.55. The molecule has 8 nitrogen and oxygen atoms in total. The van der Waals surface area contributed by atoms with Crippen molar-refractivity contribution in [3.05, 3.63) is 62.1 Å². The minimum absolute atomic E-state index is 0.155. The topological polar surface area (TPSA) is 117 Å². The number of carbonyl (C=O) groups excluding carboxylic acids is 1. The number of para-hydroxylation sites is 1. The van der Waals surface area contributed by atoms with E-state index in [4.69, 9.17) is 0 Å². The maximum absolute atomic E-state index is 11.8. The quantitative estimate of drug-likeness (QED) is 0.419. The van der Waals surface area contributed by atoms with Crippen LogP contribution in [-0.4, -0.2) is 22.3 Å². The summed E-state index contributed by atoms with van der Waals surface area (Å²) in [7, 11) is 0. The molecule has 0 fully saturated rings. The monoisotopic (exact) mass is 392 g/mol. The van der Waals surface area contributed by atoms with Gasteiger partial charge in [0.25, 0.3) is 0 Å². The summed E-state index contributed by atoms with van der Waals surface area (Å²) in [6.45, 7) is 1.85. The minimum atomic E-state index is -0.713. The van der Waals surface area contributed by atoms with Gasteiger partial charge < -0.3 is 10.4 Å². The molecule has 2 amide bonds. The first-order valence-electron chi connectivity index (χ1n) is 6.71. The minimum Gasteiger partial charge on any atom is -0.501 e. The lowest BCUT2D eigenvalue weighted by Crippen LogP contribution is -2.24. The molecule has 9 heteroatoms. The first-order valence-corrected chi connectivity index (χ1v) is 7.50. The van der Waals surface area contributed by atoms with Crippen LogP contribution in [0.25, 0.3) is 0 Å². The van der Waals surface area contributed by atoms with E-state index in [9.17, 15) is 20.0 Å². The molecule has 0 aliphatic carbocycles. The number of aryl methyl sites for hydroxylation is 1. The highest BCUT2D eigenvalue weighted by atomic mass is 79.9. The molecule has 24 heavy (non-hydrogen) atoms. The maximum atomic E-state index is 11.8. The number of phenolic OH excluding ortho intramolecular Hbond substituents is 1. The van der Waals surface area contributed by atoms with Crippen molar-refractivity contribution in [2.24, 2.45) is 5.10 Å². The molecule has 2 aromatic carbocycles. The molecule has 3 N–H and O–H groups in total. The number of rotatable bonds is 4. The maximum Gasteiger partial charge on any atom is 0.339 e. The van der Waals surface area contributed by atoms with Crippen LogP contribution in [-0.2, 0) is 0 Å². The molecule has 0 radical (unpaired) electrons. The van der Waals surface area contributed by atoms with Gasteiger partial charge in [0.1, 0.15) is 0 Å². The van der Waals surface area contributed by atoms with Crippen molar-refractivity contribution in [2.45, 2.75) is 6.92 Å². The van der Waals surface area contributed by atoms with Gasteiger partial charge in [0.2, 0.25) is 5.75 Å². The average molecular weight is 393 g/mol. The fourth-order valence-corrected chi connectivity index (χ4v) is 2.31. The van der Waals surface area contributed by atoms with Crippen LogP contribution in [0.15, 0.2) is 46.0 Å². The molecule has 0 bridgehead atoms. The summed E-state index contributed by atoms with van der Waals surface area (Å²) >= 11 is 3.02. The predicted molar refractivity (Wildman–Crippen MR) is 93.4 cm³/mol. The van der Waals surface area contributed by atoms with Gasteiger partial charge in [-0.05, 0) is 40.5 Å². The van der Waals surface area contributed by atoms with Gasteiger partial charge in [-0.2, -0.15) is 5.10 Å². The Bertz CT molecular complexity index is 823. The lowest BCUT2D eigenvalue weighted by Gasteiger charge is -2.06. The van der Waals surface area contributed by atoms with Crippen molar-refractivity contribution in [1.29, 1.82) is 0 Å². The molecule has 0 atom stereocenters. The van der Waals surface area contributed by atoms with Gasteiger partial charge in [0.05, 0.1) is 15.6 Å². The van der Waals surface area contributed by atoms with Crippen molar-refractivity contribution in [1.82, 2.24) is 5.43 Å². The summed E-state index contributed by atoms with van der Waals surface area (Å²) in [6, 6.07) is 9.28. The van der Waals surface area contributed by atoms with E-state index >= 15 is 0 Å². The number of aromatic hydroxyl groups is 1. The van der Waals surface area contributed by atoms with E-state index in [1.54, 1.807) is 12.1 Å². The number of hydrogen-bond acceptors (Lipinski definition) is 5. The van der Waals surface area contributed by atoms with Gasteiger partial charge in [-0.1, -0.05) is 18.2 Å². The standard InChI is InChI=1S/C15H13BrN4O4/c1-9-4-2-3-5-12(9)18-15(22)19-17-8-10-6-11(16)14(21)13(7-10)20(23)24/h2-8,21H,1H3,(H2,18,19,22)/b17-8+. The first kappa shape index (κ1) is 17.4. The number of carbonyl (C=O) groups is 1. The van der Waals surface area contributed by atoms with Crippen molar-refractivity contribution < 1.29 is 14.8 Å². The molecule has 0 saturated heterocycles. The third kappa shape index (κ3) is 4.29. The number of nitro benzene ring substituents is 1. The van der Waals surface area contributed by atoms with Gasteiger partial charge in [0, 0.05) is 17.3 Å². The number of phenols is 1. The van der Waals surface area contributed by atoms with Crippen molar-refractivity contribution in [3.8, 4) is 5.75 Å². The van der Waals surface area contributed by atoms with Gasteiger partial charge >= 0.3 is 11.7 Å². The summed E-state index contributed by atoms with van der Waals surface area (Å²) in [5, 5.41) is 26.8. The van der Waals surface area contributed by atoms with Crippen LogP contribution < -0.4 is 10.7 Å². The highest BCUT2D eigenvalue weighted by molar-refractivity contribution is 9.10. The first-order chi connectivity index (χ1) is 11.4. The second-order valence-electron chi connectivity index (χ2n) is 4.77. The van der Waals surface area contributed by atoms with Gasteiger partial charge in [-0.15, -0.1) is 0 Å². The number of nitrogens with zero attached hydrogens (tertiary/aromatic N) is 2. The van der Waals surface area contributed by atoms with E-state index in [2.05, 4.69) is 31.8 Å². The number of amides is 2. The van der Waals surface area contributed by atoms with E-state index in [1.807, 2.05) is 19.1 Å². The number of nitrogens with one attached hydrogen (secondary N) is 2. The van der Waals surface area contributed by atoms with Crippen LogP contribution in [0.3, 0.4) is 0 Å². The van der Waals surface area contributed by atoms with E-state index in [1.165, 1.54) is 12.3 Å². The highest BCUT2D eigenvalue weighted by Crippen LogP contribution is 2.34. The number of hydrazone groups is 1. The van der Waals surface area contributed by atoms with Crippen LogP contribution in [0.2, 0.25) is 0 Å². The van der Waals surface area contributed by atoms with Crippen molar-refractivity contribution in [2.75, 3.05) is 5.32 Å². The summed E-state index contributed by atoms with van der Waals surface area (Å²) in [4.78, 5) is 21.9. The molecular formula is C15H13BrN4O4. The fraction of sp³-hybridized carbons (Fsp3) is 0.0667. The van der Waals surface area contributed by atoms with E-state index in [0.717, 1.165) is 11.6 Å². The van der Waals surface area contributed by atoms with Crippen LogP contribution >= 0.6 is 15.9 Å². The van der Waals surface area contributed by atoms with Crippen LogP contribution in [0.1, 0.15) is 11.1 Å². The largest absolute Gasteiger partial charge is 0.501 e. The SMILES string of the molecule is Cc1ccccc1NC(=O)N/N=C/c1cc(Br)c(O)c([N+](=O)[O-])c1. The zero-order chi connectivity index (χ0) is 17.7. The third-order valence-electron chi connectivity index (χ3n) is 3.04. The Morgan fingerprint density at radius 3 is 2.75 bits per heavy atom. The van der Waals surface area contributed by atoms with E-state index in [0.29, 0.717) is 11.3 Å². The number of benzene rings is 2. The van der Waals surface area contributed by atoms with Gasteiger partial charge in [-0.25, -0.2) is 10.2 Å². The number of urea groups is 1. The Labute approximate surface area is 145 Å². The molecule has 0 unspecified atom stereocenters. The van der Waals surface area contributed by atoms with Crippen molar-refractivity contribution in [3.63, 3.8) is 0 Å². The lowest BCUT2D eigenvalue weighted by molar-refractivity contribution is -0.386. The molecule has 0 heterocycles. The zero-order valence-electron chi connectivity index (χ0n) is 12.5. The van der Waals surface area contributed by atoms with Crippen LogP contribution in [0, 0.1) is 17.0 Å². The van der Waals surface area contributed by atoms with Crippen LogP contribution in [0.4, 0.5) is 16.2 Å². The number of nitro groups is 1. The molecule has 2 rings (SSSR count). The highest BCUT2D eigenvalue weighted by Gasteiger charge is 2.17. The summed E-state index contributed by atoms with van der Waals surface area (Å²) in [5.74, 6) is -0.470. The van der Waals surface area contributed by atoms with Gasteiger partial charge in [0.15, 0.2) is 0 Å². The fourth-order valence-electron chi connectivity index (χ4n) is 1.85. The summed E-state index contributed by atoms with van der Waals surface area (Å²) in [6.07, 6.45) is 1.23. The molecule has 0 spiro atoms. The Morgan fingerprint density at radius 2 is 2.08 bits per heavy atom. The molecule has 0 aliphatic rings. The lowest BCUT2D eigenvalue weighted by atomic mass is 10.2. The normalized spacial score (nSPS) is 10.6. The molecular weight excluding hydrogens is 380 g/mol. The molecule has 0 aromatic heterocycles. The molecule has 0 aliphatic heterocycles. The number of anilines is 1. The number of hydrogen-bond donors (Lipinski definition) is 3. The Kier molecular flexibility index (Phi) is 5.48. The van der Waals surface area contributed by atoms with Crippen LogP contribution in [0.5, 0.6) is 5.75 Å². The van der Waals surface area contributed by atoms with Gasteiger partial charge in [-0.3, -0.25) is 10.1 Å². The second-order valence-corrected chi connectivity index (χ2v) is 5.62. The Balaban J connectivity index is 2.05. The third-order valence-corrected chi connectivity index (χ3v) is 3.64. The summed E-state index contributed by atoms with van der Waals surface area (Å²) in [5.41, 5.74) is 3.68. The molecule has 0 saturated carbocycles. The van der Waals surface area contributed by atoms with Crippen molar-refractivity contribution >= 4 is 39.6 Å². The average Bonchev–Trinajstić information content (AvgIpc) is 2.52. The molecule has 124 valence electrons. The zero-order valence-corrected chi connectivity index (χ0v) is 14.1.